The minimum absolute atomic E-state index is 0.243. The highest BCUT2D eigenvalue weighted by molar-refractivity contribution is 5.86. The summed E-state index contributed by atoms with van der Waals surface area (Å²) in [5, 5.41) is 3.33. The van der Waals surface area contributed by atoms with Gasteiger partial charge in [-0.3, -0.25) is 10.1 Å². The van der Waals surface area contributed by atoms with Crippen molar-refractivity contribution in [2.24, 2.45) is 5.73 Å². The molecule has 1 rings (SSSR count). The van der Waals surface area contributed by atoms with Crippen LogP contribution in [-0.4, -0.2) is 11.9 Å². The molecule has 1 aromatic rings. The molecule has 0 saturated carbocycles. The van der Waals surface area contributed by atoms with E-state index in [0.29, 0.717) is 0 Å². The highest BCUT2D eigenvalue weighted by atomic mass is 16.1. The summed E-state index contributed by atoms with van der Waals surface area (Å²) in [6.45, 7) is 7.98. The second kappa shape index (κ2) is 5.32. The summed E-state index contributed by atoms with van der Waals surface area (Å²) < 4.78 is 0. The summed E-state index contributed by atoms with van der Waals surface area (Å²) in [7, 11) is 0. The SMILES string of the molecule is CCC(C)NC(C)(C(N)=O)c1ccccc1C. The quantitative estimate of drug-likeness (QED) is 0.819. The molecule has 0 spiro atoms. The predicted molar refractivity (Wildman–Crippen MR) is 70.6 cm³/mol. The molecule has 1 aromatic carbocycles. The highest BCUT2D eigenvalue weighted by Crippen LogP contribution is 2.24. The molecule has 17 heavy (non-hydrogen) atoms. The van der Waals surface area contributed by atoms with Gasteiger partial charge in [0.1, 0.15) is 5.54 Å². The van der Waals surface area contributed by atoms with Crippen molar-refractivity contribution >= 4 is 5.91 Å². The molecule has 3 heteroatoms. The van der Waals surface area contributed by atoms with Crippen LogP contribution in [-0.2, 0) is 10.3 Å². The fourth-order valence-corrected chi connectivity index (χ4v) is 2.01. The summed E-state index contributed by atoms with van der Waals surface area (Å²) in [4.78, 5) is 11.8. The number of nitrogens with two attached hydrogens (primary N) is 1. The first-order chi connectivity index (χ1) is 7.91. The lowest BCUT2D eigenvalue weighted by Gasteiger charge is -2.32. The second-order valence-corrected chi connectivity index (χ2v) is 4.76. The second-order valence-electron chi connectivity index (χ2n) is 4.76. The number of hydrogen-bond donors (Lipinski definition) is 2. The van der Waals surface area contributed by atoms with Gasteiger partial charge in [-0.25, -0.2) is 0 Å². The minimum Gasteiger partial charge on any atom is -0.368 e. The molecule has 3 N–H and O–H groups in total. The third kappa shape index (κ3) is 2.86. The molecular weight excluding hydrogens is 212 g/mol. The van der Waals surface area contributed by atoms with Crippen molar-refractivity contribution in [1.29, 1.82) is 0 Å². The van der Waals surface area contributed by atoms with E-state index in [2.05, 4.69) is 19.2 Å². The first-order valence-corrected chi connectivity index (χ1v) is 6.05. The molecule has 1 amide bonds. The Balaban J connectivity index is 3.17. The number of rotatable bonds is 5. The van der Waals surface area contributed by atoms with Crippen molar-refractivity contribution in [3.8, 4) is 0 Å². The summed E-state index contributed by atoms with van der Waals surface area (Å²) in [5.41, 5.74) is 6.79. The Morgan fingerprint density at radius 1 is 1.47 bits per heavy atom. The van der Waals surface area contributed by atoms with Gasteiger partial charge < -0.3 is 5.73 Å². The van der Waals surface area contributed by atoms with Gasteiger partial charge in [0.15, 0.2) is 0 Å². The van der Waals surface area contributed by atoms with Crippen LogP contribution < -0.4 is 11.1 Å². The molecule has 0 heterocycles. The smallest absolute Gasteiger partial charge is 0.242 e. The van der Waals surface area contributed by atoms with Crippen LogP contribution in [0.25, 0.3) is 0 Å². The highest BCUT2D eigenvalue weighted by Gasteiger charge is 2.34. The zero-order chi connectivity index (χ0) is 13.1. The van der Waals surface area contributed by atoms with Crippen LogP contribution in [0, 0.1) is 6.92 Å². The van der Waals surface area contributed by atoms with Crippen LogP contribution in [0.3, 0.4) is 0 Å². The number of hydrogen-bond acceptors (Lipinski definition) is 2. The van der Waals surface area contributed by atoms with Gasteiger partial charge in [0.2, 0.25) is 5.91 Å². The maximum Gasteiger partial charge on any atom is 0.242 e. The molecule has 0 bridgehead atoms. The van der Waals surface area contributed by atoms with Crippen molar-refractivity contribution in [3.63, 3.8) is 0 Å². The molecule has 2 unspecified atom stereocenters. The standard InChI is InChI=1S/C14H22N2O/c1-5-11(3)16-14(4,13(15)17)12-9-7-6-8-10(12)2/h6-9,11,16H,5H2,1-4H3,(H2,15,17). The molecule has 0 saturated heterocycles. The zero-order valence-electron chi connectivity index (χ0n) is 11.1. The van der Waals surface area contributed by atoms with Gasteiger partial charge in [-0.2, -0.15) is 0 Å². The molecular formula is C14H22N2O. The van der Waals surface area contributed by atoms with Crippen LogP contribution in [0.1, 0.15) is 38.3 Å². The number of carbonyl (C=O) groups is 1. The number of primary amides is 1. The van der Waals surface area contributed by atoms with Gasteiger partial charge in [-0.1, -0.05) is 31.2 Å². The van der Waals surface area contributed by atoms with Crippen molar-refractivity contribution < 1.29 is 4.79 Å². The van der Waals surface area contributed by atoms with Crippen molar-refractivity contribution in [3.05, 3.63) is 35.4 Å². The van der Waals surface area contributed by atoms with Gasteiger partial charge in [0.25, 0.3) is 0 Å². The normalized spacial score (nSPS) is 16.2. The number of aryl methyl sites for hydroxylation is 1. The van der Waals surface area contributed by atoms with Gasteiger partial charge in [0, 0.05) is 6.04 Å². The Labute approximate surface area is 103 Å². The lowest BCUT2D eigenvalue weighted by Crippen LogP contribution is -2.53. The Morgan fingerprint density at radius 3 is 2.53 bits per heavy atom. The van der Waals surface area contributed by atoms with Crippen molar-refractivity contribution in [2.45, 2.75) is 45.7 Å². The van der Waals surface area contributed by atoms with E-state index < -0.39 is 5.54 Å². The van der Waals surface area contributed by atoms with Gasteiger partial charge in [-0.05, 0) is 38.3 Å². The molecule has 2 atom stereocenters. The average Bonchev–Trinajstić information content (AvgIpc) is 2.28. The van der Waals surface area contributed by atoms with Crippen molar-refractivity contribution in [1.82, 2.24) is 5.32 Å². The van der Waals surface area contributed by atoms with Gasteiger partial charge in [0.05, 0.1) is 0 Å². The van der Waals surface area contributed by atoms with Crippen LogP contribution in [0.15, 0.2) is 24.3 Å². The molecule has 0 fully saturated rings. The Morgan fingerprint density at radius 2 is 2.06 bits per heavy atom. The van der Waals surface area contributed by atoms with E-state index in [1.54, 1.807) is 0 Å². The minimum atomic E-state index is -0.805. The molecule has 0 aliphatic rings. The van der Waals surface area contributed by atoms with E-state index in [1.807, 2.05) is 38.1 Å². The largest absolute Gasteiger partial charge is 0.368 e. The first-order valence-electron chi connectivity index (χ1n) is 6.05. The van der Waals surface area contributed by atoms with E-state index in [9.17, 15) is 4.79 Å². The Bertz CT molecular complexity index is 403. The van der Waals surface area contributed by atoms with E-state index in [0.717, 1.165) is 17.5 Å². The third-order valence-electron chi connectivity index (χ3n) is 3.32. The van der Waals surface area contributed by atoms with Crippen LogP contribution in [0.5, 0.6) is 0 Å². The number of amides is 1. The topological polar surface area (TPSA) is 55.1 Å². The van der Waals surface area contributed by atoms with Crippen LogP contribution >= 0.6 is 0 Å². The maximum absolute atomic E-state index is 11.8. The molecule has 3 nitrogen and oxygen atoms in total. The average molecular weight is 234 g/mol. The fourth-order valence-electron chi connectivity index (χ4n) is 2.01. The zero-order valence-corrected chi connectivity index (χ0v) is 11.1. The van der Waals surface area contributed by atoms with Crippen LogP contribution in [0.2, 0.25) is 0 Å². The molecule has 94 valence electrons. The monoisotopic (exact) mass is 234 g/mol. The molecule has 0 radical (unpaired) electrons. The number of nitrogens with one attached hydrogen (secondary N) is 1. The maximum atomic E-state index is 11.8. The summed E-state index contributed by atoms with van der Waals surface area (Å²) in [6, 6.07) is 8.09. The van der Waals surface area contributed by atoms with E-state index >= 15 is 0 Å². The van der Waals surface area contributed by atoms with Gasteiger partial charge >= 0.3 is 0 Å². The van der Waals surface area contributed by atoms with Gasteiger partial charge in [-0.15, -0.1) is 0 Å². The Hall–Kier alpha value is -1.35. The molecule has 0 aliphatic carbocycles. The van der Waals surface area contributed by atoms with E-state index in [1.165, 1.54) is 0 Å². The van der Waals surface area contributed by atoms with E-state index in [-0.39, 0.29) is 11.9 Å². The third-order valence-corrected chi connectivity index (χ3v) is 3.32. The number of carbonyl (C=O) groups excluding carboxylic acids is 1. The molecule has 0 aliphatic heterocycles. The lowest BCUT2D eigenvalue weighted by molar-refractivity contribution is -0.124. The summed E-state index contributed by atoms with van der Waals surface area (Å²) in [6.07, 6.45) is 0.953. The number of benzene rings is 1. The Kier molecular flexibility index (Phi) is 4.29. The fraction of sp³-hybridized carbons (Fsp3) is 0.500. The van der Waals surface area contributed by atoms with E-state index in [4.69, 9.17) is 5.73 Å². The molecule has 0 aromatic heterocycles. The summed E-state index contributed by atoms with van der Waals surface area (Å²) in [5.74, 6) is -0.341. The lowest BCUT2D eigenvalue weighted by atomic mass is 9.87. The summed E-state index contributed by atoms with van der Waals surface area (Å²) >= 11 is 0. The predicted octanol–water partition coefficient (Wildman–Crippen LogP) is 2.08. The van der Waals surface area contributed by atoms with Crippen molar-refractivity contribution in [2.75, 3.05) is 0 Å². The first kappa shape index (κ1) is 13.7. The van der Waals surface area contributed by atoms with Crippen LogP contribution in [0.4, 0.5) is 0 Å².